The molecule has 4 saturated carbocycles. The normalized spacial score (nSPS) is 37.0. The molecule has 0 spiro atoms. The van der Waals surface area contributed by atoms with Crippen molar-refractivity contribution in [3.05, 3.63) is 34.9 Å². The molecule has 0 unspecified atom stereocenters. The van der Waals surface area contributed by atoms with Gasteiger partial charge < -0.3 is 9.84 Å². The number of carboxylic acid groups (broad SMARTS) is 1. The van der Waals surface area contributed by atoms with E-state index in [0.29, 0.717) is 24.7 Å². The summed E-state index contributed by atoms with van der Waals surface area (Å²) in [6, 6.07) is 0. The zero-order valence-electron chi connectivity index (χ0n) is 32.6. The van der Waals surface area contributed by atoms with Crippen LogP contribution < -0.4 is 0 Å². The first-order valence-electron chi connectivity index (χ1n) is 19.1. The van der Waals surface area contributed by atoms with Crippen molar-refractivity contribution in [2.75, 3.05) is 0 Å². The van der Waals surface area contributed by atoms with Gasteiger partial charge in [-0.25, -0.2) is 9.97 Å². The summed E-state index contributed by atoms with van der Waals surface area (Å²) in [6.45, 7) is 21.4. The van der Waals surface area contributed by atoms with Crippen LogP contribution in [0.25, 0.3) is 0 Å². The molecule has 51 heavy (non-hydrogen) atoms. The third-order valence-electron chi connectivity index (χ3n) is 15.7. The molecule has 0 amide bonds. The highest BCUT2D eigenvalue weighted by Crippen LogP contribution is 2.77. The van der Waals surface area contributed by atoms with Gasteiger partial charge in [0.1, 0.15) is 18.2 Å². The summed E-state index contributed by atoms with van der Waals surface area (Å²) in [5.74, 6) is -0.0433. The van der Waals surface area contributed by atoms with Gasteiger partial charge in [-0.05, 0) is 129 Å². The quantitative estimate of drug-likeness (QED) is 0.264. The molecule has 8 atom stereocenters. The fraction of sp³-hybridized carbons (Fsp3) is 0.762. The second-order valence-corrected chi connectivity index (χ2v) is 19.2. The summed E-state index contributed by atoms with van der Waals surface area (Å²) in [7, 11) is 0. The number of aromatic nitrogens is 2. The van der Waals surface area contributed by atoms with E-state index in [1.165, 1.54) is 11.9 Å². The van der Waals surface area contributed by atoms with Gasteiger partial charge in [-0.2, -0.15) is 0 Å². The van der Waals surface area contributed by atoms with Crippen molar-refractivity contribution in [1.82, 2.24) is 9.97 Å². The van der Waals surface area contributed by atoms with Crippen LogP contribution in [0.1, 0.15) is 138 Å². The average molecular weight is 725 g/mol. The lowest BCUT2D eigenvalue weighted by Gasteiger charge is -2.72. The van der Waals surface area contributed by atoms with Gasteiger partial charge in [-0.3, -0.25) is 19.2 Å². The summed E-state index contributed by atoms with van der Waals surface area (Å²) in [5, 5.41) is 9.59. The predicted octanol–water partition coefficient (Wildman–Crippen LogP) is 8.71. The number of carboxylic acids is 1. The van der Waals surface area contributed by atoms with Gasteiger partial charge in [0.25, 0.3) is 0 Å². The Kier molecular flexibility index (Phi) is 10.1. The van der Waals surface area contributed by atoms with Gasteiger partial charge in [0.15, 0.2) is 5.78 Å². The van der Waals surface area contributed by atoms with E-state index in [1.54, 1.807) is 20.0 Å². The molecular weight excluding hydrogens is 664 g/mol. The van der Waals surface area contributed by atoms with E-state index in [1.807, 2.05) is 6.92 Å². The number of ketones is 2. The van der Waals surface area contributed by atoms with Crippen LogP contribution in [-0.2, 0) is 30.3 Å². The minimum atomic E-state index is -1.17. The maximum atomic E-state index is 14.6. The standard InChI is InChI=1S/C42H60N2O6.ClH/c1-24(2)34-28(45)20-42(31(46)19-26-22-43-23-44-25(26)3)18-17-40(9)27(35(34)42)11-12-30-39(8)15-14-32(50-33(47)21-37(4,5)36(48)49)38(6,7)29(39)13-16-41(30,40)10;/h22-24,27,29-30,32H,11-21H2,1-10H3,(H,48,49);1H/t27-,29+,30-,32+,39+,40-,41-,42+;/m1./s1. The predicted molar refractivity (Wildman–Crippen MR) is 198 cm³/mol. The fourth-order valence-corrected chi connectivity index (χ4v) is 12.7. The van der Waals surface area contributed by atoms with E-state index in [9.17, 15) is 24.3 Å². The first-order chi connectivity index (χ1) is 23.2. The van der Waals surface area contributed by atoms with Crippen LogP contribution >= 0.6 is 12.4 Å². The highest BCUT2D eigenvalue weighted by molar-refractivity contribution is 6.07. The lowest BCUT2D eigenvalue weighted by Crippen LogP contribution is -2.66. The van der Waals surface area contributed by atoms with Crippen molar-refractivity contribution in [2.24, 2.45) is 56.2 Å². The minimum Gasteiger partial charge on any atom is -0.481 e. The van der Waals surface area contributed by atoms with Crippen molar-refractivity contribution in [3.8, 4) is 0 Å². The molecular formula is C42H61ClN2O6. The third-order valence-corrected chi connectivity index (χ3v) is 15.7. The number of Topliss-reactive ketones (excluding diaryl/α,β-unsaturated/α-hetero) is 2. The van der Waals surface area contributed by atoms with Crippen molar-refractivity contribution < 1.29 is 29.0 Å². The first kappa shape index (κ1) is 39.6. The lowest BCUT2D eigenvalue weighted by atomic mass is 9.33. The Morgan fingerprint density at radius 3 is 2.27 bits per heavy atom. The van der Waals surface area contributed by atoms with Gasteiger partial charge >= 0.3 is 11.9 Å². The molecule has 1 heterocycles. The molecule has 0 bridgehead atoms. The van der Waals surface area contributed by atoms with E-state index in [4.69, 9.17) is 4.74 Å². The molecule has 282 valence electrons. The van der Waals surface area contributed by atoms with E-state index in [2.05, 4.69) is 58.4 Å². The number of ether oxygens (including phenoxy) is 1. The number of aliphatic carboxylic acids is 1. The lowest BCUT2D eigenvalue weighted by molar-refractivity contribution is -0.233. The number of rotatable bonds is 8. The number of esters is 1. The molecule has 1 aromatic rings. The molecule has 1 aromatic heterocycles. The first-order valence-corrected chi connectivity index (χ1v) is 19.1. The molecule has 4 fully saturated rings. The van der Waals surface area contributed by atoms with Crippen molar-refractivity contribution in [1.29, 1.82) is 0 Å². The van der Waals surface area contributed by atoms with Crippen molar-refractivity contribution in [3.63, 3.8) is 0 Å². The van der Waals surface area contributed by atoms with Crippen LogP contribution in [0.4, 0.5) is 0 Å². The third kappa shape index (κ3) is 5.83. The maximum Gasteiger partial charge on any atom is 0.309 e. The number of nitrogens with zero attached hydrogens (tertiary/aromatic N) is 2. The van der Waals surface area contributed by atoms with E-state index in [0.717, 1.165) is 61.8 Å². The SMILES string of the molecule is Cc1ncncc1CC(=O)[C@@]12CC[C@]3(C)[C@H](CC[C@@H]4[C@@]5(C)CC[C@H](OC(=O)CC(C)(C)C(=O)O)C(C)(C)[C@@H]5CC[C@]43C)C1=C(C(C)C)C(=O)C2.Cl. The van der Waals surface area contributed by atoms with Crippen molar-refractivity contribution in [2.45, 2.75) is 146 Å². The Morgan fingerprint density at radius 1 is 0.961 bits per heavy atom. The fourth-order valence-electron chi connectivity index (χ4n) is 12.7. The number of hydrogen-bond acceptors (Lipinski definition) is 7. The Hall–Kier alpha value is -2.61. The number of carbonyl (C=O) groups is 4. The molecule has 5 aliphatic carbocycles. The van der Waals surface area contributed by atoms with Crippen LogP contribution in [0.15, 0.2) is 23.7 Å². The summed E-state index contributed by atoms with van der Waals surface area (Å²) < 4.78 is 6.15. The van der Waals surface area contributed by atoms with Gasteiger partial charge in [0.2, 0.25) is 0 Å². The monoisotopic (exact) mass is 724 g/mol. The van der Waals surface area contributed by atoms with Crippen LogP contribution in [0.2, 0.25) is 0 Å². The van der Waals surface area contributed by atoms with Gasteiger partial charge in [0.05, 0.1) is 17.3 Å². The number of fused-ring (bicyclic) bond motifs is 7. The Labute approximate surface area is 311 Å². The summed E-state index contributed by atoms with van der Waals surface area (Å²) in [6.07, 6.45) is 10.9. The van der Waals surface area contributed by atoms with E-state index < -0.39 is 22.8 Å². The molecule has 9 heteroatoms. The van der Waals surface area contributed by atoms with Crippen LogP contribution in [0, 0.1) is 63.1 Å². The molecule has 0 saturated heterocycles. The second-order valence-electron chi connectivity index (χ2n) is 19.2. The van der Waals surface area contributed by atoms with Crippen LogP contribution in [0.5, 0.6) is 0 Å². The zero-order chi connectivity index (χ0) is 36.8. The maximum absolute atomic E-state index is 14.6. The zero-order valence-corrected chi connectivity index (χ0v) is 33.4. The Bertz CT molecular complexity index is 1650. The average Bonchev–Trinajstić information content (AvgIpc) is 3.33. The molecule has 6 rings (SSSR count). The number of halogens is 1. The minimum absolute atomic E-state index is 0. The molecule has 1 N–H and O–H groups in total. The number of allylic oxidation sites excluding steroid dienone is 2. The van der Waals surface area contributed by atoms with Gasteiger partial charge in [-0.15, -0.1) is 12.4 Å². The number of hydrogen-bond donors (Lipinski definition) is 1. The molecule has 5 aliphatic rings. The van der Waals surface area contributed by atoms with E-state index in [-0.39, 0.29) is 76.4 Å². The smallest absolute Gasteiger partial charge is 0.309 e. The summed E-state index contributed by atoms with van der Waals surface area (Å²) in [4.78, 5) is 61.9. The number of carbonyl (C=O) groups excluding carboxylic acids is 3. The highest BCUT2D eigenvalue weighted by atomic mass is 35.5. The highest BCUT2D eigenvalue weighted by Gasteiger charge is 2.71. The van der Waals surface area contributed by atoms with Gasteiger partial charge in [-0.1, -0.05) is 48.5 Å². The van der Waals surface area contributed by atoms with Crippen molar-refractivity contribution >= 4 is 35.9 Å². The summed E-state index contributed by atoms with van der Waals surface area (Å²) in [5.41, 5.74) is 1.60. The molecule has 0 aliphatic heterocycles. The largest absolute Gasteiger partial charge is 0.481 e. The van der Waals surface area contributed by atoms with Crippen LogP contribution in [0.3, 0.4) is 0 Å². The van der Waals surface area contributed by atoms with Gasteiger partial charge in [0, 0.05) is 30.1 Å². The topological polar surface area (TPSA) is 124 Å². The molecule has 0 radical (unpaired) electrons. The van der Waals surface area contributed by atoms with Crippen LogP contribution in [-0.4, -0.2) is 44.7 Å². The molecule has 8 nitrogen and oxygen atoms in total. The molecule has 0 aromatic carbocycles. The number of aryl methyl sites for hydroxylation is 1. The second kappa shape index (κ2) is 13.1. The van der Waals surface area contributed by atoms with E-state index >= 15 is 0 Å². The Morgan fingerprint density at radius 2 is 1.65 bits per heavy atom. The Balaban J connectivity index is 0.00000504. The summed E-state index contributed by atoms with van der Waals surface area (Å²) >= 11 is 0.